The van der Waals surface area contributed by atoms with Gasteiger partial charge in [-0.2, -0.15) is 0 Å². The van der Waals surface area contributed by atoms with Crippen LogP contribution in [0.15, 0.2) is 4.52 Å². The molecule has 0 bridgehead atoms. The van der Waals surface area contributed by atoms with Crippen molar-refractivity contribution in [1.29, 1.82) is 0 Å². The molecule has 0 N–H and O–H groups in total. The van der Waals surface area contributed by atoms with E-state index in [0.717, 1.165) is 0 Å². The zero-order valence-corrected chi connectivity index (χ0v) is 12.0. The van der Waals surface area contributed by atoms with E-state index < -0.39 is 5.97 Å². The third-order valence-electron chi connectivity index (χ3n) is 2.89. The first-order chi connectivity index (χ1) is 8.92. The fourth-order valence-corrected chi connectivity index (χ4v) is 1.77. The van der Waals surface area contributed by atoms with Crippen LogP contribution in [0.1, 0.15) is 42.6 Å². The van der Waals surface area contributed by atoms with Gasteiger partial charge >= 0.3 is 5.97 Å². The van der Waals surface area contributed by atoms with Gasteiger partial charge in [0.05, 0.1) is 12.8 Å². The average molecular weight is 268 g/mol. The molecule has 19 heavy (non-hydrogen) atoms. The minimum atomic E-state index is -0.450. The van der Waals surface area contributed by atoms with E-state index in [4.69, 9.17) is 4.52 Å². The Balaban J connectivity index is 3.05. The minimum Gasteiger partial charge on any atom is -0.468 e. The molecule has 0 saturated heterocycles. The van der Waals surface area contributed by atoms with E-state index in [9.17, 15) is 9.59 Å². The first-order valence-corrected chi connectivity index (χ1v) is 6.25. The van der Waals surface area contributed by atoms with Crippen molar-refractivity contribution in [2.75, 3.05) is 13.7 Å². The molecule has 0 fully saturated rings. The van der Waals surface area contributed by atoms with E-state index in [-0.39, 0.29) is 18.5 Å². The van der Waals surface area contributed by atoms with Crippen LogP contribution in [0.2, 0.25) is 0 Å². The van der Waals surface area contributed by atoms with Gasteiger partial charge in [0.25, 0.3) is 5.91 Å². The Morgan fingerprint density at radius 3 is 2.53 bits per heavy atom. The Hall–Kier alpha value is -1.85. The minimum absolute atomic E-state index is 0.0826. The predicted octanol–water partition coefficient (Wildman–Crippen LogP) is 1.57. The van der Waals surface area contributed by atoms with E-state index in [1.165, 1.54) is 12.0 Å². The highest BCUT2D eigenvalue weighted by molar-refractivity contribution is 5.97. The van der Waals surface area contributed by atoms with Crippen LogP contribution in [0.3, 0.4) is 0 Å². The highest BCUT2D eigenvalue weighted by atomic mass is 16.5. The Bertz CT molecular complexity index is 465. The molecule has 0 aliphatic heterocycles. The van der Waals surface area contributed by atoms with Crippen molar-refractivity contribution >= 4 is 11.9 Å². The van der Waals surface area contributed by atoms with Crippen LogP contribution in [0.5, 0.6) is 0 Å². The number of ether oxygens (including phenoxy) is 1. The van der Waals surface area contributed by atoms with Crippen molar-refractivity contribution in [3.63, 3.8) is 0 Å². The van der Waals surface area contributed by atoms with Gasteiger partial charge in [0.1, 0.15) is 17.9 Å². The highest BCUT2D eigenvalue weighted by Gasteiger charge is 2.27. The molecule has 0 aliphatic carbocycles. The third-order valence-corrected chi connectivity index (χ3v) is 2.89. The molecule has 1 aromatic rings. The molecule has 0 aliphatic rings. The van der Waals surface area contributed by atoms with Crippen LogP contribution in [0.4, 0.5) is 0 Å². The summed E-state index contributed by atoms with van der Waals surface area (Å²) in [4.78, 5) is 25.4. The van der Waals surface area contributed by atoms with Gasteiger partial charge in [-0.15, -0.1) is 0 Å². The summed E-state index contributed by atoms with van der Waals surface area (Å²) in [5, 5.41) is 3.86. The predicted molar refractivity (Wildman–Crippen MR) is 68.8 cm³/mol. The van der Waals surface area contributed by atoms with E-state index in [2.05, 4.69) is 9.89 Å². The van der Waals surface area contributed by atoms with Crippen LogP contribution < -0.4 is 0 Å². The second-order valence-electron chi connectivity index (χ2n) is 4.52. The summed E-state index contributed by atoms with van der Waals surface area (Å²) >= 11 is 0. The van der Waals surface area contributed by atoms with Crippen molar-refractivity contribution in [2.45, 2.75) is 40.2 Å². The molecule has 0 aromatic carbocycles. The van der Waals surface area contributed by atoms with Gasteiger partial charge in [0.2, 0.25) is 0 Å². The van der Waals surface area contributed by atoms with E-state index in [1.54, 1.807) is 6.92 Å². The van der Waals surface area contributed by atoms with Crippen LogP contribution >= 0.6 is 0 Å². The van der Waals surface area contributed by atoms with Gasteiger partial charge in [0.15, 0.2) is 0 Å². The van der Waals surface area contributed by atoms with E-state index in [1.807, 2.05) is 20.8 Å². The molecule has 6 heteroatoms. The Kier molecular flexibility index (Phi) is 5.09. The molecule has 1 amide bonds. The van der Waals surface area contributed by atoms with E-state index in [0.29, 0.717) is 23.4 Å². The fourth-order valence-electron chi connectivity index (χ4n) is 1.77. The largest absolute Gasteiger partial charge is 0.468 e. The summed E-state index contributed by atoms with van der Waals surface area (Å²) in [6.07, 6.45) is 0.600. The zero-order chi connectivity index (χ0) is 14.6. The molecule has 0 radical (unpaired) electrons. The number of aryl methyl sites for hydroxylation is 2. The Labute approximate surface area is 112 Å². The molecule has 0 saturated carbocycles. The lowest BCUT2D eigenvalue weighted by Crippen LogP contribution is -2.41. The lowest BCUT2D eigenvalue weighted by Gasteiger charge is -2.25. The molecule has 1 rings (SSSR count). The van der Waals surface area contributed by atoms with E-state index >= 15 is 0 Å². The summed E-state index contributed by atoms with van der Waals surface area (Å²) < 4.78 is 9.67. The molecular weight excluding hydrogens is 248 g/mol. The van der Waals surface area contributed by atoms with Crippen molar-refractivity contribution in [1.82, 2.24) is 10.1 Å². The molecule has 0 spiro atoms. The molecule has 106 valence electrons. The number of hydrogen-bond donors (Lipinski definition) is 0. The van der Waals surface area contributed by atoms with Gasteiger partial charge in [-0.05, 0) is 27.2 Å². The van der Waals surface area contributed by atoms with Crippen LogP contribution in [-0.4, -0.2) is 41.6 Å². The molecule has 0 atom stereocenters. The summed E-state index contributed by atoms with van der Waals surface area (Å²) in [5.41, 5.74) is 1.05. The number of esters is 1. The molecule has 6 nitrogen and oxygen atoms in total. The number of rotatable bonds is 5. The molecule has 1 aromatic heterocycles. The topological polar surface area (TPSA) is 72.6 Å². The Morgan fingerprint density at radius 2 is 2.05 bits per heavy atom. The standard InChI is InChI=1S/C13H20N2O4/c1-6-10-12(9(4)19-14-10)13(17)15(8(2)3)7-11(16)18-5/h8H,6-7H2,1-5H3. The number of aromatic nitrogens is 1. The first-order valence-electron chi connectivity index (χ1n) is 6.25. The second-order valence-corrected chi connectivity index (χ2v) is 4.52. The molecule has 1 heterocycles. The van der Waals surface area contributed by atoms with Crippen molar-refractivity contribution < 1.29 is 18.8 Å². The third kappa shape index (κ3) is 3.33. The van der Waals surface area contributed by atoms with Crippen molar-refractivity contribution in [3.05, 3.63) is 17.0 Å². The monoisotopic (exact) mass is 268 g/mol. The lowest BCUT2D eigenvalue weighted by molar-refractivity contribution is -0.141. The van der Waals surface area contributed by atoms with Gasteiger partial charge in [-0.1, -0.05) is 12.1 Å². The number of methoxy groups -OCH3 is 1. The maximum absolute atomic E-state index is 12.5. The van der Waals surface area contributed by atoms with Gasteiger partial charge in [0, 0.05) is 6.04 Å². The van der Waals surface area contributed by atoms with Crippen molar-refractivity contribution in [2.24, 2.45) is 0 Å². The SMILES string of the molecule is CCc1noc(C)c1C(=O)N(CC(=O)OC)C(C)C. The fraction of sp³-hybridized carbons (Fsp3) is 0.615. The second kappa shape index (κ2) is 6.36. The highest BCUT2D eigenvalue weighted by Crippen LogP contribution is 2.18. The van der Waals surface area contributed by atoms with Crippen molar-refractivity contribution in [3.8, 4) is 0 Å². The Morgan fingerprint density at radius 1 is 1.42 bits per heavy atom. The summed E-state index contributed by atoms with van der Waals surface area (Å²) in [6, 6.07) is -0.120. The number of nitrogens with zero attached hydrogens (tertiary/aromatic N) is 2. The molecular formula is C13H20N2O4. The maximum atomic E-state index is 12.5. The average Bonchev–Trinajstić information content (AvgIpc) is 2.75. The summed E-state index contributed by atoms with van der Waals surface area (Å²) in [7, 11) is 1.30. The van der Waals surface area contributed by atoms with Gasteiger partial charge in [-0.3, -0.25) is 9.59 Å². The molecule has 0 unspecified atom stereocenters. The zero-order valence-electron chi connectivity index (χ0n) is 12.0. The first kappa shape index (κ1) is 15.2. The summed E-state index contributed by atoms with van der Waals surface area (Å²) in [6.45, 7) is 7.19. The quantitative estimate of drug-likeness (QED) is 0.758. The van der Waals surface area contributed by atoms with Crippen LogP contribution in [0, 0.1) is 6.92 Å². The summed E-state index contributed by atoms with van der Waals surface area (Å²) in [5.74, 6) is -0.234. The number of carbonyl (C=O) groups is 2. The van der Waals surface area contributed by atoms with Crippen LogP contribution in [0.25, 0.3) is 0 Å². The normalized spacial score (nSPS) is 10.6. The smallest absolute Gasteiger partial charge is 0.325 e. The number of amides is 1. The maximum Gasteiger partial charge on any atom is 0.325 e. The lowest BCUT2D eigenvalue weighted by atomic mass is 10.1. The number of hydrogen-bond acceptors (Lipinski definition) is 5. The van der Waals surface area contributed by atoms with Gasteiger partial charge < -0.3 is 14.2 Å². The number of carbonyl (C=O) groups excluding carboxylic acids is 2. The van der Waals surface area contributed by atoms with Crippen LogP contribution in [-0.2, 0) is 16.0 Å². The van der Waals surface area contributed by atoms with Gasteiger partial charge in [-0.25, -0.2) is 0 Å².